The molecule has 1 aromatic rings. The highest BCUT2D eigenvalue weighted by Crippen LogP contribution is 2.28. The van der Waals surface area contributed by atoms with E-state index in [-0.39, 0.29) is 18.3 Å². The first-order valence-electron chi connectivity index (χ1n) is 7.20. The molecule has 1 fully saturated rings. The Kier molecular flexibility index (Phi) is 6.34. The third kappa shape index (κ3) is 4.71. The van der Waals surface area contributed by atoms with Gasteiger partial charge in [-0.15, -0.1) is 12.4 Å². The maximum atomic E-state index is 12.3. The van der Waals surface area contributed by atoms with Gasteiger partial charge in [0.05, 0.1) is 0 Å². The summed E-state index contributed by atoms with van der Waals surface area (Å²) in [4.78, 5) is 14.4. The van der Waals surface area contributed by atoms with E-state index in [0.29, 0.717) is 18.4 Å². The first-order valence-corrected chi connectivity index (χ1v) is 7.20. The van der Waals surface area contributed by atoms with Crippen LogP contribution in [0.3, 0.4) is 0 Å². The number of amides is 1. The number of hydrogen-bond donors (Lipinski definition) is 1. The number of aryl methyl sites for hydroxylation is 1. The van der Waals surface area contributed by atoms with E-state index in [9.17, 15) is 4.79 Å². The first-order chi connectivity index (χ1) is 9.08. The molecule has 0 atom stereocenters. The SMILES string of the molecule is CC(C)CN(C(=O)CCc1ccccc1N)C1CC1.Cl. The molecule has 1 aliphatic carbocycles. The van der Waals surface area contributed by atoms with Crippen LogP contribution in [-0.4, -0.2) is 23.4 Å². The van der Waals surface area contributed by atoms with E-state index in [1.165, 1.54) is 12.8 Å². The summed E-state index contributed by atoms with van der Waals surface area (Å²) in [6, 6.07) is 8.31. The summed E-state index contributed by atoms with van der Waals surface area (Å²) in [5.41, 5.74) is 7.78. The van der Waals surface area contributed by atoms with Gasteiger partial charge in [-0.1, -0.05) is 32.0 Å². The lowest BCUT2D eigenvalue weighted by Crippen LogP contribution is -2.36. The predicted octanol–water partition coefficient (Wildman–Crippen LogP) is 3.27. The maximum absolute atomic E-state index is 12.3. The predicted molar refractivity (Wildman–Crippen MR) is 86.0 cm³/mol. The average Bonchev–Trinajstić information content (AvgIpc) is 3.18. The molecule has 1 amide bonds. The number of carbonyl (C=O) groups excluding carboxylic acids is 1. The first kappa shape index (κ1) is 16.8. The van der Waals surface area contributed by atoms with Gasteiger partial charge in [0.1, 0.15) is 0 Å². The minimum atomic E-state index is 0. The lowest BCUT2D eigenvalue weighted by atomic mass is 10.1. The highest BCUT2D eigenvalue weighted by molar-refractivity contribution is 5.85. The summed E-state index contributed by atoms with van der Waals surface area (Å²) in [6.07, 6.45) is 3.65. The van der Waals surface area contributed by atoms with Crippen molar-refractivity contribution < 1.29 is 4.79 Å². The van der Waals surface area contributed by atoms with Crippen LogP contribution in [0.5, 0.6) is 0 Å². The van der Waals surface area contributed by atoms with Crippen molar-refractivity contribution in [2.75, 3.05) is 12.3 Å². The highest BCUT2D eigenvalue weighted by Gasteiger charge is 2.32. The van der Waals surface area contributed by atoms with Gasteiger partial charge in [-0.25, -0.2) is 0 Å². The van der Waals surface area contributed by atoms with Crippen molar-refractivity contribution in [1.29, 1.82) is 0 Å². The van der Waals surface area contributed by atoms with Gasteiger partial charge in [-0.3, -0.25) is 4.79 Å². The number of rotatable bonds is 6. The Morgan fingerprint density at radius 1 is 1.35 bits per heavy atom. The van der Waals surface area contributed by atoms with Gasteiger partial charge in [0.25, 0.3) is 0 Å². The van der Waals surface area contributed by atoms with E-state index in [1.807, 2.05) is 24.3 Å². The number of carbonyl (C=O) groups is 1. The molecule has 1 aromatic carbocycles. The third-order valence-corrected chi connectivity index (χ3v) is 3.53. The zero-order chi connectivity index (χ0) is 13.8. The van der Waals surface area contributed by atoms with Gasteiger partial charge in [-0.05, 0) is 36.8 Å². The molecule has 1 aliphatic rings. The molecular weight excluding hydrogens is 272 g/mol. The number of halogens is 1. The van der Waals surface area contributed by atoms with Crippen molar-refractivity contribution in [1.82, 2.24) is 4.90 Å². The maximum Gasteiger partial charge on any atom is 0.223 e. The summed E-state index contributed by atoms with van der Waals surface area (Å²) in [5.74, 6) is 0.811. The number of benzene rings is 1. The van der Waals surface area contributed by atoms with E-state index in [2.05, 4.69) is 18.7 Å². The Balaban J connectivity index is 0.00000200. The van der Waals surface area contributed by atoms with Crippen molar-refractivity contribution in [3.63, 3.8) is 0 Å². The Morgan fingerprint density at radius 2 is 2.00 bits per heavy atom. The molecule has 4 heteroatoms. The summed E-state index contributed by atoms with van der Waals surface area (Å²) >= 11 is 0. The third-order valence-electron chi connectivity index (χ3n) is 3.53. The van der Waals surface area contributed by atoms with Crippen LogP contribution >= 0.6 is 12.4 Å². The topological polar surface area (TPSA) is 46.3 Å². The molecule has 0 unspecified atom stereocenters. The van der Waals surface area contributed by atoms with Crippen LogP contribution in [0.25, 0.3) is 0 Å². The van der Waals surface area contributed by atoms with Gasteiger partial charge in [0, 0.05) is 24.7 Å². The minimum Gasteiger partial charge on any atom is -0.399 e. The van der Waals surface area contributed by atoms with Crippen LogP contribution in [0.4, 0.5) is 5.69 Å². The molecule has 1 saturated carbocycles. The number of nitrogens with two attached hydrogens (primary N) is 1. The van der Waals surface area contributed by atoms with Crippen molar-refractivity contribution in [2.24, 2.45) is 5.92 Å². The molecule has 0 saturated heterocycles. The minimum absolute atomic E-state index is 0. The fourth-order valence-corrected chi connectivity index (χ4v) is 2.38. The van der Waals surface area contributed by atoms with Crippen LogP contribution < -0.4 is 5.73 Å². The van der Waals surface area contributed by atoms with Gasteiger partial charge >= 0.3 is 0 Å². The molecule has 0 aromatic heterocycles. The normalized spacial score (nSPS) is 13.9. The van der Waals surface area contributed by atoms with Gasteiger partial charge in [0.2, 0.25) is 5.91 Å². The molecule has 3 nitrogen and oxygen atoms in total. The van der Waals surface area contributed by atoms with Crippen molar-refractivity contribution in [3.05, 3.63) is 29.8 Å². The number of para-hydroxylation sites is 1. The lowest BCUT2D eigenvalue weighted by Gasteiger charge is -2.24. The monoisotopic (exact) mass is 296 g/mol. The number of nitrogen functional groups attached to an aromatic ring is 1. The smallest absolute Gasteiger partial charge is 0.223 e. The van der Waals surface area contributed by atoms with E-state index >= 15 is 0 Å². The van der Waals surface area contributed by atoms with Crippen LogP contribution in [0.1, 0.15) is 38.7 Å². The van der Waals surface area contributed by atoms with E-state index in [1.54, 1.807) is 0 Å². The Hall–Kier alpha value is -1.22. The van der Waals surface area contributed by atoms with Gasteiger partial charge < -0.3 is 10.6 Å². The van der Waals surface area contributed by atoms with Crippen LogP contribution in [-0.2, 0) is 11.2 Å². The second kappa shape index (κ2) is 7.53. The Labute approximate surface area is 127 Å². The summed E-state index contributed by atoms with van der Waals surface area (Å²) in [5, 5.41) is 0. The standard InChI is InChI=1S/C16H24N2O.ClH/c1-12(2)11-18(14-8-9-14)16(19)10-7-13-5-3-4-6-15(13)17;/h3-6,12,14H,7-11,17H2,1-2H3;1H. The molecule has 20 heavy (non-hydrogen) atoms. The van der Waals surface area contributed by atoms with E-state index < -0.39 is 0 Å². The molecule has 0 radical (unpaired) electrons. The lowest BCUT2D eigenvalue weighted by molar-refractivity contribution is -0.132. The summed E-state index contributed by atoms with van der Waals surface area (Å²) in [7, 11) is 0. The number of hydrogen-bond acceptors (Lipinski definition) is 2. The Morgan fingerprint density at radius 3 is 2.55 bits per heavy atom. The fraction of sp³-hybridized carbons (Fsp3) is 0.562. The molecule has 0 bridgehead atoms. The highest BCUT2D eigenvalue weighted by atomic mass is 35.5. The van der Waals surface area contributed by atoms with Crippen LogP contribution in [0.2, 0.25) is 0 Å². The quantitative estimate of drug-likeness (QED) is 0.819. The van der Waals surface area contributed by atoms with Crippen molar-refractivity contribution >= 4 is 24.0 Å². The molecule has 0 heterocycles. The van der Waals surface area contributed by atoms with Gasteiger partial charge in [-0.2, -0.15) is 0 Å². The summed E-state index contributed by atoms with van der Waals surface area (Å²) < 4.78 is 0. The van der Waals surface area contributed by atoms with Crippen LogP contribution in [0, 0.1) is 5.92 Å². The Bertz CT molecular complexity index is 444. The largest absolute Gasteiger partial charge is 0.399 e. The molecule has 112 valence electrons. The molecule has 2 rings (SSSR count). The zero-order valence-corrected chi connectivity index (χ0v) is 13.2. The average molecular weight is 297 g/mol. The molecular formula is C16H25ClN2O. The molecule has 0 aliphatic heterocycles. The van der Waals surface area contributed by atoms with E-state index in [4.69, 9.17) is 5.73 Å². The second-order valence-electron chi connectivity index (χ2n) is 5.87. The number of nitrogens with zero attached hydrogens (tertiary/aromatic N) is 1. The van der Waals surface area contributed by atoms with Crippen molar-refractivity contribution in [3.8, 4) is 0 Å². The van der Waals surface area contributed by atoms with E-state index in [0.717, 1.165) is 24.2 Å². The molecule has 2 N–H and O–H groups in total. The van der Waals surface area contributed by atoms with Crippen LogP contribution in [0.15, 0.2) is 24.3 Å². The van der Waals surface area contributed by atoms with Gasteiger partial charge in [0.15, 0.2) is 0 Å². The fourth-order valence-electron chi connectivity index (χ4n) is 2.38. The second-order valence-corrected chi connectivity index (χ2v) is 5.87. The number of anilines is 1. The zero-order valence-electron chi connectivity index (χ0n) is 12.3. The van der Waals surface area contributed by atoms with Crippen molar-refractivity contribution in [2.45, 2.75) is 45.6 Å². The summed E-state index contributed by atoms with van der Waals surface area (Å²) in [6.45, 7) is 5.21. The molecule has 0 spiro atoms.